The number of aliphatic imine (C=N–C) groups is 1. The third-order valence-corrected chi connectivity index (χ3v) is 7.36. The summed E-state index contributed by atoms with van der Waals surface area (Å²) in [7, 11) is 0. The topological polar surface area (TPSA) is 71.0 Å². The number of carbonyl (C=O) groups is 2. The van der Waals surface area contributed by atoms with Gasteiger partial charge in [0.1, 0.15) is 5.25 Å². The number of hydrogen-bond donors (Lipinski definition) is 1. The SMILES string of the molecule is Cc1ccc(C)c(NC(=O)CC2SC(=Nc3ccc(C)c(C)c3)N(CC3CCCO3)C2=O)c1. The summed E-state index contributed by atoms with van der Waals surface area (Å²) in [5.41, 5.74) is 6.03. The molecule has 0 aliphatic carbocycles. The van der Waals surface area contributed by atoms with Crippen molar-refractivity contribution in [2.24, 2.45) is 4.99 Å². The zero-order chi connectivity index (χ0) is 23.5. The minimum Gasteiger partial charge on any atom is -0.376 e. The second-order valence-corrected chi connectivity index (χ2v) is 10.1. The summed E-state index contributed by atoms with van der Waals surface area (Å²) in [5, 5.41) is 3.12. The van der Waals surface area contributed by atoms with Crippen LogP contribution in [0.25, 0.3) is 0 Å². The number of ether oxygens (including phenoxy) is 1. The molecule has 2 aromatic rings. The molecule has 2 aliphatic rings. The zero-order valence-corrected chi connectivity index (χ0v) is 20.5. The summed E-state index contributed by atoms with van der Waals surface area (Å²) in [6, 6.07) is 12.0. The van der Waals surface area contributed by atoms with E-state index in [1.165, 1.54) is 17.3 Å². The summed E-state index contributed by atoms with van der Waals surface area (Å²) in [5.74, 6) is -0.242. The van der Waals surface area contributed by atoms with Gasteiger partial charge in [-0.15, -0.1) is 0 Å². The van der Waals surface area contributed by atoms with Crippen molar-refractivity contribution >= 4 is 40.1 Å². The molecule has 2 aliphatic heterocycles. The molecular weight excluding hydrogens is 434 g/mol. The van der Waals surface area contributed by atoms with E-state index >= 15 is 0 Å². The number of nitrogens with zero attached hydrogens (tertiary/aromatic N) is 2. The molecule has 0 aromatic heterocycles. The van der Waals surface area contributed by atoms with E-state index in [0.29, 0.717) is 11.7 Å². The molecule has 174 valence electrons. The molecule has 1 N–H and O–H groups in total. The predicted molar refractivity (Wildman–Crippen MR) is 134 cm³/mol. The fourth-order valence-corrected chi connectivity index (χ4v) is 5.20. The van der Waals surface area contributed by atoms with Crippen molar-refractivity contribution in [3.63, 3.8) is 0 Å². The number of amides is 2. The van der Waals surface area contributed by atoms with E-state index in [9.17, 15) is 9.59 Å². The monoisotopic (exact) mass is 465 g/mol. The predicted octanol–water partition coefficient (Wildman–Crippen LogP) is 5.06. The molecule has 2 saturated heterocycles. The lowest BCUT2D eigenvalue weighted by atomic mass is 10.1. The van der Waals surface area contributed by atoms with Gasteiger partial charge >= 0.3 is 0 Å². The van der Waals surface area contributed by atoms with Crippen LogP contribution >= 0.6 is 11.8 Å². The number of thioether (sulfide) groups is 1. The number of benzene rings is 2. The standard InChI is InChI=1S/C26H31N3O3S/c1-16-7-8-18(3)22(12-16)28-24(30)14-23-25(31)29(15-21-6-5-11-32-21)26(33-23)27-20-10-9-17(2)19(4)13-20/h7-10,12-13,21,23H,5-6,11,14-15H2,1-4H3,(H,28,30). The van der Waals surface area contributed by atoms with Crippen LogP contribution in [0.15, 0.2) is 41.4 Å². The van der Waals surface area contributed by atoms with Crippen LogP contribution in [0.2, 0.25) is 0 Å². The van der Waals surface area contributed by atoms with Crippen LogP contribution in [0.4, 0.5) is 11.4 Å². The number of anilines is 1. The van der Waals surface area contributed by atoms with Gasteiger partial charge in [-0.1, -0.05) is 30.0 Å². The number of nitrogens with one attached hydrogen (secondary N) is 1. The highest BCUT2D eigenvalue weighted by Crippen LogP contribution is 2.33. The second kappa shape index (κ2) is 10.1. The summed E-state index contributed by atoms with van der Waals surface area (Å²) in [6.07, 6.45) is 2.06. The summed E-state index contributed by atoms with van der Waals surface area (Å²) in [4.78, 5) is 32.6. The average Bonchev–Trinajstić information content (AvgIpc) is 3.38. The molecular formula is C26H31N3O3S. The van der Waals surface area contributed by atoms with Crippen LogP contribution in [0.1, 0.15) is 41.5 Å². The third kappa shape index (κ3) is 5.65. The van der Waals surface area contributed by atoms with Crippen molar-refractivity contribution < 1.29 is 14.3 Å². The van der Waals surface area contributed by atoms with E-state index in [-0.39, 0.29) is 24.3 Å². The van der Waals surface area contributed by atoms with Gasteiger partial charge in [-0.05, 0) is 81.0 Å². The Morgan fingerprint density at radius 1 is 1.12 bits per heavy atom. The van der Waals surface area contributed by atoms with Gasteiger partial charge in [0, 0.05) is 18.7 Å². The molecule has 2 fully saturated rings. The lowest BCUT2D eigenvalue weighted by Gasteiger charge is -2.20. The highest BCUT2D eigenvalue weighted by atomic mass is 32.2. The largest absolute Gasteiger partial charge is 0.376 e. The van der Waals surface area contributed by atoms with Crippen molar-refractivity contribution in [2.45, 2.75) is 58.3 Å². The maximum absolute atomic E-state index is 13.3. The molecule has 0 saturated carbocycles. The van der Waals surface area contributed by atoms with Gasteiger partial charge in [-0.3, -0.25) is 14.5 Å². The zero-order valence-electron chi connectivity index (χ0n) is 19.7. The Balaban J connectivity index is 1.52. The van der Waals surface area contributed by atoms with Crippen LogP contribution < -0.4 is 5.32 Å². The third-order valence-electron chi connectivity index (χ3n) is 6.18. The van der Waals surface area contributed by atoms with Crippen molar-refractivity contribution in [1.29, 1.82) is 0 Å². The summed E-state index contributed by atoms with van der Waals surface area (Å²) < 4.78 is 5.78. The van der Waals surface area contributed by atoms with Gasteiger partial charge in [0.25, 0.3) is 0 Å². The van der Waals surface area contributed by atoms with Gasteiger partial charge in [-0.2, -0.15) is 0 Å². The lowest BCUT2D eigenvalue weighted by molar-refractivity contribution is -0.129. The molecule has 2 atom stereocenters. The first-order chi connectivity index (χ1) is 15.8. The van der Waals surface area contributed by atoms with Crippen LogP contribution in [0.3, 0.4) is 0 Å². The molecule has 0 bridgehead atoms. The molecule has 7 heteroatoms. The Labute approximate surface area is 199 Å². The van der Waals surface area contributed by atoms with Gasteiger partial charge < -0.3 is 10.1 Å². The van der Waals surface area contributed by atoms with E-state index < -0.39 is 5.25 Å². The number of aryl methyl sites for hydroxylation is 4. The molecule has 2 unspecified atom stereocenters. The number of amidine groups is 1. The summed E-state index contributed by atoms with van der Waals surface area (Å²) in [6.45, 7) is 9.27. The highest BCUT2D eigenvalue weighted by Gasteiger charge is 2.40. The Kier molecular flexibility index (Phi) is 7.20. The fourth-order valence-electron chi connectivity index (χ4n) is 4.03. The van der Waals surface area contributed by atoms with Gasteiger partial charge in [0.2, 0.25) is 11.8 Å². The molecule has 0 radical (unpaired) electrons. The minimum atomic E-state index is -0.498. The Morgan fingerprint density at radius 3 is 2.64 bits per heavy atom. The first kappa shape index (κ1) is 23.5. The van der Waals surface area contributed by atoms with Gasteiger partial charge in [-0.25, -0.2) is 4.99 Å². The minimum absolute atomic E-state index is 0.0158. The van der Waals surface area contributed by atoms with Crippen LogP contribution in [-0.2, 0) is 14.3 Å². The van der Waals surface area contributed by atoms with Crippen molar-refractivity contribution in [1.82, 2.24) is 4.90 Å². The van der Waals surface area contributed by atoms with E-state index in [1.54, 1.807) is 4.90 Å². The van der Waals surface area contributed by atoms with E-state index in [4.69, 9.17) is 9.73 Å². The van der Waals surface area contributed by atoms with Gasteiger partial charge in [0.05, 0.1) is 18.3 Å². The number of hydrogen-bond acceptors (Lipinski definition) is 5. The van der Waals surface area contributed by atoms with Crippen molar-refractivity contribution in [3.8, 4) is 0 Å². The van der Waals surface area contributed by atoms with Crippen LogP contribution in [-0.4, -0.2) is 46.4 Å². The molecule has 2 aromatic carbocycles. The van der Waals surface area contributed by atoms with Crippen molar-refractivity contribution in [2.75, 3.05) is 18.5 Å². The average molecular weight is 466 g/mol. The van der Waals surface area contributed by atoms with Crippen molar-refractivity contribution in [3.05, 3.63) is 58.7 Å². The smallest absolute Gasteiger partial charge is 0.242 e. The van der Waals surface area contributed by atoms with E-state index in [0.717, 1.165) is 47.5 Å². The Hall–Kier alpha value is -2.64. The molecule has 33 heavy (non-hydrogen) atoms. The summed E-state index contributed by atoms with van der Waals surface area (Å²) >= 11 is 1.37. The fraction of sp³-hybridized carbons (Fsp3) is 0.423. The molecule has 2 heterocycles. The van der Waals surface area contributed by atoms with E-state index in [1.807, 2.05) is 50.2 Å². The maximum atomic E-state index is 13.3. The van der Waals surface area contributed by atoms with Crippen LogP contribution in [0, 0.1) is 27.7 Å². The molecule has 0 spiro atoms. The normalized spacial score (nSPS) is 21.8. The maximum Gasteiger partial charge on any atom is 0.242 e. The van der Waals surface area contributed by atoms with Gasteiger partial charge in [0.15, 0.2) is 5.17 Å². The number of rotatable bonds is 6. The highest BCUT2D eigenvalue weighted by molar-refractivity contribution is 8.15. The molecule has 2 amide bonds. The number of carbonyl (C=O) groups excluding carboxylic acids is 2. The Bertz CT molecular complexity index is 1090. The quantitative estimate of drug-likeness (QED) is 0.647. The first-order valence-electron chi connectivity index (χ1n) is 11.4. The second-order valence-electron chi connectivity index (χ2n) is 8.92. The lowest BCUT2D eigenvalue weighted by Crippen LogP contribution is -2.38. The molecule has 4 rings (SSSR count). The van der Waals surface area contributed by atoms with E-state index in [2.05, 4.69) is 19.2 Å². The molecule has 6 nitrogen and oxygen atoms in total. The van der Waals surface area contributed by atoms with Crippen LogP contribution in [0.5, 0.6) is 0 Å². The Morgan fingerprint density at radius 2 is 1.91 bits per heavy atom. The first-order valence-corrected chi connectivity index (χ1v) is 12.3.